The summed E-state index contributed by atoms with van der Waals surface area (Å²) in [5.74, 6) is 0.810. The van der Waals surface area contributed by atoms with Crippen LogP contribution in [0.5, 0.6) is 0 Å². The van der Waals surface area contributed by atoms with Gasteiger partial charge in [0.2, 0.25) is 0 Å². The lowest BCUT2D eigenvalue weighted by Crippen LogP contribution is -2.40. The summed E-state index contributed by atoms with van der Waals surface area (Å²) in [5.41, 5.74) is 3.27. The van der Waals surface area contributed by atoms with Crippen molar-refractivity contribution in [3.63, 3.8) is 0 Å². The molecule has 1 unspecified atom stereocenters. The summed E-state index contributed by atoms with van der Waals surface area (Å²) >= 11 is 0. The zero-order valence-corrected chi connectivity index (χ0v) is 16.8. The van der Waals surface area contributed by atoms with Gasteiger partial charge in [0.25, 0.3) is 5.91 Å². The monoisotopic (exact) mass is 389 g/mol. The molecule has 4 rings (SSSR count). The van der Waals surface area contributed by atoms with E-state index in [0.29, 0.717) is 12.1 Å². The molecule has 0 aliphatic carbocycles. The largest absolute Gasteiger partial charge is 0.468 e. The Bertz CT molecular complexity index is 932. The molecule has 3 heterocycles. The predicted molar refractivity (Wildman–Crippen MR) is 114 cm³/mol. The van der Waals surface area contributed by atoms with E-state index in [1.165, 1.54) is 19.3 Å². The van der Waals surface area contributed by atoms with Crippen LogP contribution in [0.15, 0.2) is 65.3 Å². The number of aromatic nitrogens is 1. The molecule has 5 heteroatoms. The number of carbonyl (C=O) groups is 1. The molecule has 3 aromatic rings. The summed E-state index contributed by atoms with van der Waals surface area (Å²) in [5, 5.41) is 3.10. The molecular weight excluding hydrogens is 362 g/mol. The Kier molecular flexibility index (Phi) is 6.06. The second kappa shape index (κ2) is 9.05. The average molecular weight is 389 g/mol. The number of benzene rings is 1. The maximum absolute atomic E-state index is 12.9. The summed E-state index contributed by atoms with van der Waals surface area (Å²) in [6.45, 7) is 4.48. The van der Waals surface area contributed by atoms with Gasteiger partial charge in [-0.05, 0) is 57.1 Å². The second-order valence-corrected chi connectivity index (χ2v) is 7.53. The van der Waals surface area contributed by atoms with Crippen molar-refractivity contribution in [3.8, 4) is 11.3 Å². The van der Waals surface area contributed by atoms with Gasteiger partial charge in [-0.25, -0.2) is 0 Å². The van der Waals surface area contributed by atoms with Crippen LogP contribution >= 0.6 is 0 Å². The molecule has 150 valence electrons. The summed E-state index contributed by atoms with van der Waals surface area (Å²) < 4.78 is 5.67. The van der Waals surface area contributed by atoms with E-state index in [1.54, 1.807) is 6.26 Å². The molecule has 0 spiro atoms. The molecule has 1 fully saturated rings. The molecule has 0 saturated carbocycles. The number of furan rings is 1. The zero-order valence-electron chi connectivity index (χ0n) is 16.8. The minimum atomic E-state index is -0.0943. The van der Waals surface area contributed by atoms with Gasteiger partial charge in [-0.15, -0.1) is 0 Å². The van der Waals surface area contributed by atoms with Gasteiger partial charge >= 0.3 is 0 Å². The van der Waals surface area contributed by atoms with Crippen molar-refractivity contribution in [2.45, 2.75) is 32.2 Å². The van der Waals surface area contributed by atoms with Gasteiger partial charge in [0.15, 0.2) is 0 Å². The minimum Gasteiger partial charge on any atom is -0.468 e. The number of nitrogens with zero attached hydrogens (tertiary/aromatic N) is 2. The Morgan fingerprint density at radius 2 is 1.86 bits per heavy atom. The van der Waals surface area contributed by atoms with Crippen LogP contribution in [0.1, 0.15) is 47.1 Å². The van der Waals surface area contributed by atoms with Crippen molar-refractivity contribution in [1.29, 1.82) is 0 Å². The zero-order chi connectivity index (χ0) is 20.1. The van der Waals surface area contributed by atoms with E-state index in [-0.39, 0.29) is 11.9 Å². The quantitative estimate of drug-likeness (QED) is 0.669. The number of nitrogens with one attached hydrogen (secondary N) is 1. The first-order chi connectivity index (χ1) is 14.2. The van der Waals surface area contributed by atoms with E-state index in [0.717, 1.165) is 35.8 Å². The molecule has 1 aromatic carbocycles. The van der Waals surface area contributed by atoms with Crippen LogP contribution in [0.4, 0.5) is 0 Å². The van der Waals surface area contributed by atoms with Crippen LogP contribution in [-0.2, 0) is 0 Å². The fourth-order valence-corrected chi connectivity index (χ4v) is 3.98. The second-order valence-electron chi connectivity index (χ2n) is 7.53. The molecule has 5 nitrogen and oxygen atoms in total. The maximum Gasteiger partial charge on any atom is 0.253 e. The van der Waals surface area contributed by atoms with Crippen molar-refractivity contribution < 1.29 is 9.21 Å². The SMILES string of the molecule is Cc1nc(-c2ccccc2)ccc1C(=O)NCC(c1ccco1)N1CCCCC1. The van der Waals surface area contributed by atoms with Crippen molar-refractivity contribution in [1.82, 2.24) is 15.2 Å². The van der Waals surface area contributed by atoms with E-state index in [2.05, 4.69) is 15.2 Å². The number of amides is 1. The third kappa shape index (κ3) is 4.57. The minimum absolute atomic E-state index is 0.0612. The van der Waals surface area contributed by atoms with Gasteiger partial charge in [0, 0.05) is 12.1 Å². The van der Waals surface area contributed by atoms with Crippen LogP contribution < -0.4 is 5.32 Å². The van der Waals surface area contributed by atoms with Gasteiger partial charge < -0.3 is 9.73 Å². The number of piperidine rings is 1. The number of hydrogen-bond acceptors (Lipinski definition) is 4. The summed E-state index contributed by atoms with van der Waals surface area (Å²) in [7, 11) is 0. The van der Waals surface area contributed by atoms with Crippen LogP contribution in [-0.4, -0.2) is 35.4 Å². The normalized spacial score (nSPS) is 15.8. The third-order valence-corrected chi connectivity index (χ3v) is 5.56. The lowest BCUT2D eigenvalue weighted by atomic mass is 10.1. The lowest BCUT2D eigenvalue weighted by molar-refractivity contribution is 0.0913. The molecule has 2 aromatic heterocycles. The van der Waals surface area contributed by atoms with E-state index in [9.17, 15) is 4.79 Å². The Hall–Kier alpha value is -2.92. The molecule has 0 radical (unpaired) electrons. The standard InChI is InChI=1S/C24H27N3O2/c1-18-20(12-13-21(26-18)19-9-4-2-5-10-19)24(28)25-17-22(23-11-8-16-29-23)27-14-6-3-7-15-27/h2,4-5,8-13,16,22H,3,6-7,14-15,17H2,1H3,(H,25,28). The van der Waals surface area contributed by atoms with Crippen LogP contribution in [0.3, 0.4) is 0 Å². The van der Waals surface area contributed by atoms with Gasteiger partial charge in [-0.2, -0.15) is 0 Å². The molecule has 29 heavy (non-hydrogen) atoms. The van der Waals surface area contributed by atoms with E-state index < -0.39 is 0 Å². The molecule has 1 saturated heterocycles. The number of aryl methyl sites for hydroxylation is 1. The van der Waals surface area contributed by atoms with E-state index >= 15 is 0 Å². The van der Waals surface area contributed by atoms with E-state index in [4.69, 9.17) is 4.42 Å². The van der Waals surface area contributed by atoms with Gasteiger partial charge in [-0.1, -0.05) is 36.8 Å². The number of likely N-dealkylation sites (tertiary alicyclic amines) is 1. The van der Waals surface area contributed by atoms with Gasteiger partial charge in [0.05, 0.1) is 29.3 Å². The van der Waals surface area contributed by atoms with Gasteiger partial charge in [-0.3, -0.25) is 14.7 Å². The molecule has 1 aliphatic heterocycles. The van der Waals surface area contributed by atoms with Crippen LogP contribution in [0, 0.1) is 6.92 Å². The summed E-state index contributed by atoms with van der Waals surface area (Å²) in [4.78, 5) is 19.9. The van der Waals surface area contributed by atoms with Crippen molar-refractivity contribution in [2.24, 2.45) is 0 Å². The highest BCUT2D eigenvalue weighted by molar-refractivity contribution is 5.95. The fraction of sp³-hybridized carbons (Fsp3) is 0.333. The fourth-order valence-electron chi connectivity index (χ4n) is 3.98. The number of pyridine rings is 1. The smallest absolute Gasteiger partial charge is 0.253 e. The Labute approximate surface area is 171 Å². The first-order valence-electron chi connectivity index (χ1n) is 10.3. The maximum atomic E-state index is 12.9. The Morgan fingerprint density at radius 1 is 1.07 bits per heavy atom. The highest BCUT2D eigenvalue weighted by Crippen LogP contribution is 2.25. The van der Waals surface area contributed by atoms with Crippen molar-refractivity contribution in [3.05, 3.63) is 77.9 Å². The van der Waals surface area contributed by atoms with Crippen LogP contribution in [0.25, 0.3) is 11.3 Å². The Balaban J connectivity index is 1.46. The lowest BCUT2D eigenvalue weighted by Gasteiger charge is -2.33. The summed E-state index contributed by atoms with van der Waals surface area (Å²) in [6, 6.07) is 17.7. The van der Waals surface area contributed by atoms with E-state index in [1.807, 2.05) is 61.5 Å². The first-order valence-corrected chi connectivity index (χ1v) is 10.3. The highest BCUT2D eigenvalue weighted by Gasteiger charge is 2.25. The average Bonchev–Trinajstić information content (AvgIpc) is 3.29. The molecule has 1 aliphatic rings. The molecule has 1 N–H and O–H groups in total. The van der Waals surface area contributed by atoms with Gasteiger partial charge in [0.1, 0.15) is 5.76 Å². The van der Waals surface area contributed by atoms with Crippen molar-refractivity contribution in [2.75, 3.05) is 19.6 Å². The molecule has 1 atom stereocenters. The number of carbonyl (C=O) groups excluding carboxylic acids is 1. The molecular formula is C24H27N3O2. The van der Waals surface area contributed by atoms with Crippen molar-refractivity contribution >= 4 is 5.91 Å². The number of hydrogen-bond donors (Lipinski definition) is 1. The Morgan fingerprint density at radius 3 is 2.55 bits per heavy atom. The number of rotatable bonds is 6. The highest BCUT2D eigenvalue weighted by atomic mass is 16.3. The summed E-state index contributed by atoms with van der Waals surface area (Å²) in [6.07, 6.45) is 5.35. The third-order valence-electron chi connectivity index (χ3n) is 5.56. The first kappa shape index (κ1) is 19.4. The van der Waals surface area contributed by atoms with Crippen LogP contribution in [0.2, 0.25) is 0 Å². The topological polar surface area (TPSA) is 58.4 Å². The molecule has 1 amide bonds. The predicted octanol–water partition coefficient (Wildman–Crippen LogP) is 4.61. The molecule has 0 bridgehead atoms.